The fraction of sp³-hybridized carbons (Fsp3) is 0.562. The summed E-state index contributed by atoms with van der Waals surface area (Å²) in [6, 6.07) is 0. The summed E-state index contributed by atoms with van der Waals surface area (Å²) >= 11 is 0. The maximum Gasteiger partial charge on any atom is 0.410 e. The van der Waals surface area contributed by atoms with Crippen molar-refractivity contribution in [1.82, 2.24) is 9.80 Å². The van der Waals surface area contributed by atoms with Gasteiger partial charge in [0.1, 0.15) is 11.4 Å². The Balaban J connectivity index is 1.92. The van der Waals surface area contributed by atoms with Crippen LogP contribution < -0.4 is 0 Å². The first kappa shape index (κ1) is 16.3. The lowest BCUT2D eigenvalue weighted by Crippen LogP contribution is -2.51. The van der Waals surface area contributed by atoms with Gasteiger partial charge in [0.25, 0.3) is 0 Å². The van der Waals surface area contributed by atoms with Crippen LogP contribution in [-0.2, 0) is 4.74 Å². The summed E-state index contributed by atoms with van der Waals surface area (Å²) in [7, 11) is 1.73. The van der Waals surface area contributed by atoms with E-state index in [0.717, 1.165) is 24.6 Å². The van der Waals surface area contributed by atoms with Gasteiger partial charge in [-0.25, -0.2) is 9.79 Å². The zero-order chi connectivity index (χ0) is 16.3. The molecule has 2 aliphatic rings. The van der Waals surface area contributed by atoms with Gasteiger partial charge in [-0.05, 0) is 32.9 Å². The number of carbonyl (C=O) groups excluding carboxylic acids is 1. The number of carbonyl (C=O) groups is 1. The second kappa shape index (κ2) is 6.34. The molecule has 0 bridgehead atoms. The number of hydrogen-bond donors (Lipinski definition) is 0. The normalized spacial score (nSPS) is 21.2. The SMILES string of the molecule is C=C1N=C(N2CCN(C(=O)OC(C)(C)C)CC2)C=C/C1=N/C. The topological polar surface area (TPSA) is 57.5 Å². The van der Waals surface area contributed by atoms with E-state index in [1.807, 2.05) is 32.9 Å². The number of nitrogens with zero attached hydrogens (tertiary/aromatic N) is 4. The molecule has 0 aromatic heterocycles. The van der Waals surface area contributed by atoms with Crippen molar-refractivity contribution in [2.75, 3.05) is 33.2 Å². The van der Waals surface area contributed by atoms with Crippen LogP contribution in [-0.4, -0.2) is 66.3 Å². The smallest absolute Gasteiger partial charge is 0.410 e. The number of piperazine rings is 1. The Morgan fingerprint density at radius 3 is 2.41 bits per heavy atom. The molecule has 2 heterocycles. The third-order valence-corrected chi connectivity index (χ3v) is 3.43. The summed E-state index contributed by atoms with van der Waals surface area (Å²) < 4.78 is 5.40. The van der Waals surface area contributed by atoms with Gasteiger partial charge in [0.15, 0.2) is 0 Å². The third-order valence-electron chi connectivity index (χ3n) is 3.43. The van der Waals surface area contributed by atoms with E-state index in [-0.39, 0.29) is 6.09 Å². The highest BCUT2D eigenvalue weighted by molar-refractivity contribution is 6.15. The molecule has 0 radical (unpaired) electrons. The van der Waals surface area contributed by atoms with Crippen LogP contribution in [0.25, 0.3) is 0 Å². The van der Waals surface area contributed by atoms with E-state index >= 15 is 0 Å². The van der Waals surface area contributed by atoms with Crippen LogP contribution in [0.1, 0.15) is 20.8 Å². The molecule has 2 rings (SSSR count). The van der Waals surface area contributed by atoms with E-state index in [4.69, 9.17) is 4.74 Å². The number of dihydropyridines is 1. The van der Waals surface area contributed by atoms with Gasteiger partial charge < -0.3 is 14.5 Å². The molecule has 0 saturated carbocycles. The van der Waals surface area contributed by atoms with Crippen LogP contribution in [0.5, 0.6) is 0 Å². The first-order valence-corrected chi connectivity index (χ1v) is 7.46. The molecule has 0 unspecified atom stereocenters. The van der Waals surface area contributed by atoms with Crippen molar-refractivity contribution in [3.05, 3.63) is 24.4 Å². The molecule has 22 heavy (non-hydrogen) atoms. The monoisotopic (exact) mass is 304 g/mol. The Morgan fingerprint density at radius 2 is 1.91 bits per heavy atom. The van der Waals surface area contributed by atoms with Crippen molar-refractivity contribution in [3.8, 4) is 0 Å². The Kier molecular flexibility index (Phi) is 4.68. The van der Waals surface area contributed by atoms with E-state index < -0.39 is 5.60 Å². The van der Waals surface area contributed by atoms with E-state index in [9.17, 15) is 4.79 Å². The maximum absolute atomic E-state index is 12.0. The largest absolute Gasteiger partial charge is 0.444 e. The lowest BCUT2D eigenvalue weighted by molar-refractivity contribution is 0.0187. The number of aliphatic imine (C=N–C) groups is 2. The van der Waals surface area contributed by atoms with Gasteiger partial charge in [0, 0.05) is 33.2 Å². The van der Waals surface area contributed by atoms with E-state index in [1.54, 1.807) is 11.9 Å². The van der Waals surface area contributed by atoms with Crippen LogP contribution in [0.2, 0.25) is 0 Å². The van der Waals surface area contributed by atoms with Crippen molar-refractivity contribution >= 4 is 17.6 Å². The lowest BCUT2D eigenvalue weighted by atomic mass is 10.2. The zero-order valence-electron chi connectivity index (χ0n) is 13.8. The maximum atomic E-state index is 12.0. The average Bonchev–Trinajstić information content (AvgIpc) is 2.45. The molecule has 6 heteroatoms. The fourth-order valence-corrected chi connectivity index (χ4v) is 2.31. The van der Waals surface area contributed by atoms with Gasteiger partial charge in [-0.15, -0.1) is 0 Å². The summed E-state index contributed by atoms with van der Waals surface area (Å²) in [5.41, 5.74) is 1.02. The molecule has 2 aliphatic heterocycles. The Morgan fingerprint density at radius 1 is 1.27 bits per heavy atom. The standard InChI is InChI=1S/C16H24N4O2/c1-12-13(17-5)6-7-14(18-12)19-8-10-20(11-9-19)15(21)22-16(2,3)4/h6-7H,1,8-11H2,2-5H3/b17-13-. The van der Waals surface area contributed by atoms with Crippen LogP contribution in [0.15, 0.2) is 34.4 Å². The van der Waals surface area contributed by atoms with Crippen LogP contribution in [0, 0.1) is 0 Å². The molecule has 0 N–H and O–H groups in total. The lowest BCUT2D eigenvalue weighted by Gasteiger charge is -2.37. The molecule has 1 fully saturated rings. The number of allylic oxidation sites excluding steroid dienone is 1. The van der Waals surface area contributed by atoms with Crippen LogP contribution >= 0.6 is 0 Å². The van der Waals surface area contributed by atoms with Gasteiger partial charge >= 0.3 is 6.09 Å². The molecular weight excluding hydrogens is 280 g/mol. The predicted molar refractivity (Wildman–Crippen MR) is 88.5 cm³/mol. The van der Waals surface area contributed by atoms with Gasteiger partial charge in [0.2, 0.25) is 0 Å². The Labute approximate surface area is 131 Å². The summed E-state index contributed by atoms with van der Waals surface area (Å²) in [4.78, 5) is 24.5. The molecule has 0 aromatic rings. The zero-order valence-corrected chi connectivity index (χ0v) is 13.8. The first-order chi connectivity index (χ1) is 10.3. The van der Waals surface area contributed by atoms with Gasteiger partial charge in [-0.2, -0.15) is 0 Å². The summed E-state index contributed by atoms with van der Waals surface area (Å²) in [6.07, 6.45) is 3.61. The summed E-state index contributed by atoms with van der Waals surface area (Å²) in [5, 5.41) is 0. The molecule has 0 atom stereocenters. The van der Waals surface area contributed by atoms with Crippen molar-refractivity contribution in [2.45, 2.75) is 26.4 Å². The number of ether oxygens (including phenoxy) is 1. The highest BCUT2D eigenvalue weighted by Gasteiger charge is 2.27. The second-order valence-corrected chi connectivity index (χ2v) is 6.31. The Hall–Kier alpha value is -2.11. The van der Waals surface area contributed by atoms with Crippen LogP contribution in [0.4, 0.5) is 4.79 Å². The van der Waals surface area contributed by atoms with Crippen molar-refractivity contribution < 1.29 is 9.53 Å². The molecular formula is C16H24N4O2. The fourth-order valence-electron chi connectivity index (χ4n) is 2.31. The number of rotatable bonds is 0. The van der Waals surface area contributed by atoms with Crippen molar-refractivity contribution in [1.29, 1.82) is 0 Å². The second-order valence-electron chi connectivity index (χ2n) is 6.31. The van der Waals surface area contributed by atoms with E-state index in [0.29, 0.717) is 18.8 Å². The molecule has 0 aliphatic carbocycles. The number of hydrogen-bond acceptors (Lipinski definition) is 5. The minimum Gasteiger partial charge on any atom is -0.444 e. The molecule has 120 valence electrons. The summed E-state index contributed by atoms with van der Waals surface area (Å²) in [5.74, 6) is 0.876. The summed E-state index contributed by atoms with van der Waals surface area (Å²) in [6.45, 7) is 12.3. The van der Waals surface area contributed by atoms with E-state index in [1.165, 1.54) is 0 Å². The first-order valence-electron chi connectivity index (χ1n) is 7.46. The van der Waals surface area contributed by atoms with Crippen LogP contribution in [0.3, 0.4) is 0 Å². The predicted octanol–water partition coefficient (Wildman–Crippen LogP) is 2.09. The quantitative estimate of drug-likeness (QED) is 0.688. The average molecular weight is 304 g/mol. The molecule has 1 saturated heterocycles. The minimum absolute atomic E-state index is 0.252. The molecule has 0 spiro atoms. The van der Waals surface area contributed by atoms with E-state index in [2.05, 4.69) is 21.5 Å². The Bertz CT molecular complexity index is 547. The van der Waals surface area contributed by atoms with Crippen molar-refractivity contribution in [3.63, 3.8) is 0 Å². The number of amidine groups is 1. The van der Waals surface area contributed by atoms with Crippen molar-refractivity contribution in [2.24, 2.45) is 9.98 Å². The number of amides is 1. The third kappa shape index (κ3) is 3.96. The van der Waals surface area contributed by atoms with Gasteiger partial charge in [-0.1, -0.05) is 6.58 Å². The highest BCUT2D eigenvalue weighted by Crippen LogP contribution is 2.14. The minimum atomic E-state index is -0.460. The van der Waals surface area contributed by atoms with Gasteiger partial charge in [0.05, 0.1) is 11.4 Å². The van der Waals surface area contributed by atoms with Gasteiger partial charge in [-0.3, -0.25) is 4.99 Å². The highest BCUT2D eigenvalue weighted by atomic mass is 16.6. The molecule has 6 nitrogen and oxygen atoms in total. The molecule has 1 amide bonds. The molecule has 0 aromatic carbocycles.